The number of hydrogen-bond acceptors (Lipinski definition) is 7. The lowest BCUT2D eigenvalue weighted by atomic mass is 10.4. The van der Waals surface area contributed by atoms with Gasteiger partial charge >= 0.3 is 6.01 Å². The van der Waals surface area contributed by atoms with E-state index in [0.29, 0.717) is 37.8 Å². The molecule has 2 heterocycles. The molecule has 0 bridgehead atoms. The first-order valence-electron chi connectivity index (χ1n) is 6.62. The highest BCUT2D eigenvalue weighted by molar-refractivity contribution is 5.43. The molecule has 0 saturated carbocycles. The largest absolute Gasteiger partial charge is 0.479 e. The van der Waals surface area contributed by atoms with E-state index in [1.54, 1.807) is 12.3 Å². The molecule has 2 N–H and O–H groups in total. The zero-order valence-corrected chi connectivity index (χ0v) is 11.6. The van der Waals surface area contributed by atoms with Crippen LogP contribution in [0, 0.1) is 0 Å². The van der Waals surface area contributed by atoms with E-state index in [4.69, 9.17) is 9.47 Å². The summed E-state index contributed by atoms with van der Waals surface area (Å²) in [6.45, 7) is 5.63. The van der Waals surface area contributed by atoms with Gasteiger partial charge < -0.3 is 19.9 Å². The fraction of sp³-hybridized carbons (Fsp3) is 0.583. The molecule has 0 aliphatic rings. The summed E-state index contributed by atoms with van der Waals surface area (Å²) < 4.78 is 12.1. The summed E-state index contributed by atoms with van der Waals surface area (Å²) in [5, 5.41) is 16.6. The molecule has 0 spiro atoms. The molecule has 0 saturated heterocycles. The van der Waals surface area contributed by atoms with Gasteiger partial charge in [0.25, 0.3) is 0 Å². The lowest BCUT2D eigenvalue weighted by molar-refractivity contribution is -0.137. The lowest BCUT2D eigenvalue weighted by Gasteiger charge is -2.16. The molecular formula is C12H19N5O3. The van der Waals surface area contributed by atoms with Gasteiger partial charge in [0.2, 0.25) is 5.95 Å². The van der Waals surface area contributed by atoms with Crippen molar-refractivity contribution >= 4 is 11.6 Å². The predicted octanol–water partition coefficient (Wildman–Crippen LogP) is 1.03. The predicted molar refractivity (Wildman–Crippen MR) is 72.6 cm³/mol. The Hall–Kier alpha value is -1.93. The smallest absolute Gasteiger partial charge is 0.320 e. The van der Waals surface area contributed by atoms with Gasteiger partial charge in [-0.1, -0.05) is 0 Å². The van der Waals surface area contributed by atoms with Crippen LogP contribution in [0.2, 0.25) is 0 Å². The topological polar surface area (TPSA) is 93.8 Å². The third kappa shape index (κ3) is 3.55. The van der Waals surface area contributed by atoms with Gasteiger partial charge in [0.15, 0.2) is 11.9 Å². The number of aromatic nitrogens is 4. The Morgan fingerprint density at radius 1 is 1.30 bits per heavy atom. The number of nitrogens with zero attached hydrogens (tertiary/aromatic N) is 4. The van der Waals surface area contributed by atoms with Gasteiger partial charge in [0.1, 0.15) is 0 Å². The number of fused-ring (bicyclic) bond motifs is 1. The van der Waals surface area contributed by atoms with Gasteiger partial charge in [-0.2, -0.15) is 19.6 Å². The maximum atomic E-state index is 9.68. The van der Waals surface area contributed by atoms with Crippen molar-refractivity contribution in [2.45, 2.75) is 26.6 Å². The maximum Gasteiger partial charge on any atom is 0.320 e. The van der Waals surface area contributed by atoms with E-state index in [1.165, 1.54) is 4.52 Å². The van der Waals surface area contributed by atoms with Crippen molar-refractivity contribution in [3.05, 3.63) is 12.3 Å². The van der Waals surface area contributed by atoms with E-state index in [1.807, 2.05) is 13.8 Å². The second-order valence-corrected chi connectivity index (χ2v) is 4.00. The quantitative estimate of drug-likeness (QED) is 0.698. The van der Waals surface area contributed by atoms with Crippen LogP contribution in [0.15, 0.2) is 12.3 Å². The molecule has 0 unspecified atom stereocenters. The number of aromatic hydroxyl groups is 1. The van der Waals surface area contributed by atoms with Crippen LogP contribution in [0.25, 0.3) is 5.65 Å². The molecule has 2 aromatic rings. The Morgan fingerprint density at radius 2 is 2.05 bits per heavy atom. The van der Waals surface area contributed by atoms with Crippen molar-refractivity contribution in [3.63, 3.8) is 0 Å². The van der Waals surface area contributed by atoms with Crippen LogP contribution in [0.4, 0.5) is 5.95 Å². The highest BCUT2D eigenvalue weighted by Gasteiger charge is 2.09. The normalized spacial score (nSPS) is 11.3. The monoisotopic (exact) mass is 281 g/mol. The molecule has 8 heteroatoms. The van der Waals surface area contributed by atoms with E-state index in [-0.39, 0.29) is 12.3 Å². The molecular weight excluding hydrogens is 262 g/mol. The van der Waals surface area contributed by atoms with Gasteiger partial charge in [-0.15, -0.1) is 0 Å². The standard InChI is InChI=1S/C12H19N5O3/c1-3-19-10(20-4-2)6-7-13-11-15-9-5-8-14-17(9)12(18)16-11/h5,8,10H,3-4,6-7H2,1-2H3,(H2,13,15,16,18). The summed E-state index contributed by atoms with van der Waals surface area (Å²) in [6.07, 6.45) is 1.97. The number of nitrogens with one attached hydrogen (secondary N) is 1. The molecule has 0 radical (unpaired) electrons. The van der Waals surface area contributed by atoms with Crippen LogP contribution < -0.4 is 5.32 Å². The molecule has 8 nitrogen and oxygen atoms in total. The lowest BCUT2D eigenvalue weighted by Crippen LogP contribution is -2.21. The molecule has 110 valence electrons. The van der Waals surface area contributed by atoms with Gasteiger partial charge in [-0.05, 0) is 13.8 Å². The van der Waals surface area contributed by atoms with Crippen molar-refractivity contribution in [1.29, 1.82) is 0 Å². The van der Waals surface area contributed by atoms with Gasteiger partial charge in [0.05, 0.1) is 6.20 Å². The Morgan fingerprint density at radius 3 is 2.75 bits per heavy atom. The van der Waals surface area contributed by atoms with Gasteiger partial charge in [-0.25, -0.2) is 0 Å². The van der Waals surface area contributed by atoms with Crippen LogP contribution in [-0.4, -0.2) is 50.7 Å². The van der Waals surface area contributed by atoms with Gasteiger partial charge in [-0.3, -0.25) is 0 Å². The van der Waals surface area contributed by atoms with Crippen molar-refractivity contribution in [1.82, 2.24) is 19.6 Å². The fourth-order valence-electron chi connectivity index (χ4n) is 1.78. The van der Waals surface area contributed by atoms with Crippen molar-refractivity contribution < 1.29 is 14.6 Å². The number of anilines is 1. The second-order valence-electron chi connectivity index (χ2n) is 4.00. The van der Waals surface area contributed by atoms with E-state index in [2.05, 4.69) is 20.4 Å². The Bertz CT molecular complexity index is 539. The first kappa shape index (κ1) is 14.5. The van der Waals surface area contributed by atoms with Crippen LogP contribution in [0.1, 0.15) is 20.3 Å². The number of ether oxygens (including phenoxy) is 2. The first-order chi connectivity index (χ1) is 9.74. The molecule has 0 aliphatic heterocycles. The van der Waals surface area contributed by atoms with Gasteiger partial charge in [0, 0.05) is 32.2 Å². The maximum absolute atomic E-state index is 9.68. The summed E-state index contributed by atoms with van der Waals surface area (Å²) in [4.78, 5) is 8.14. The molecule has 2 aromatic heterocycles. The van der Waals surface area contributed by atoms with Crippen LogP contribution >= 0.6 is 0 Å². The Balaban J connectivity index is 1.91. The molecule has 0 amide bonds. The van der Waals surface area contributed by atoms with Crippen LogP contribution in [0.3, 0.4) is 0 Å². The summed E-state index contributed by atoms with van der Waals surface area (Å²) in [6, 6.07) is 1.49. The molecule has 0 aromatic carbocycles. The highest BCUT2D eigenvalue weighted by Crippen LogP contribution is 2.11. The zero-order chi connectivity index (χ0) is 14.4. The average molecular weight is 281 g/mol. The van der Waals surface area contributed by atoms with Crippen molar-refractivity contribution in [3.8, 4) is 6.01 Å². The third-order valence-corrected chi connectivity index (χ3v) is 2.61. The molecule has 0 fully saturated rings. The Kier molecular flexibility index (Phi) is 5.08. The third-order valence-electron chi connectivity index (χ3n) is 2.61. The minimum atomic E-state index is -0.246. The SMILES string of the molecule is CCOC(CCNc1nc(O)n2nccc2n1)OCC. The van der Waals surface area contributed by atoms with Crippen LogP contribution in [-0.2, 0) is 9.47 Å². The highest BCUT2D eigenvalue weighted by atomic mass is 16.7. The average Bonchev–Trinajstić information content (AvgIpc) is 2.88. The van der Waals surface area contributed by atoms with E-state index >= 15 is 0 Å². The molecule has 20 heavy (non-hydrogen) atoms. The number of rotatable bonds is 8. The zero-order valence-electron chi connectivity index (χ0n) is 11.6. The first-order valence-corrected chi connectivity index (χ1v) is 6.62. The van der Waals surface area contributed by atoms with Crippen LogP contribution in [0.5, 0.6) is 6.01 Å². The molecule has 2 rings (SSSR count). The Labute approximate surface area is 116 Å². The minimum Gasteiger partial charge on any atom is -0.479 e. The summed E-state index contributed by atoms with van der Waals surface area (Å²) in [5.74, 6) is 0.349. The fourth-order valence-corrected chi connectivity index (χ4v) is 1.78. The van der Waals surface area contributed by atoms with Crippen molar-refractivity contribution in [2.24, 2.45) is 0 Å². The van der Waals surface area contributed by atoms with E-state index in [9.17, 15) is 5.11 Å². The van der Waals surface area contributed by atoms with E-state index < -0.39 is 0 Å². The number of hydrogen-bond donors (Lipinski definition) is 2. The summed E-state index contributed by atoms with van der Waals surface area (Å²) in [7, 11) is 0. The minimum absolute atomic E-state index is 0.200. The van der Waals surface area contributed by atoms with Crippen molar-refractivity contribution in [2.75, 3.05) is 25.1 Å². The summed E-state index contributed by atoms with van der Waals surface area (Å²) >= 11 is 0. The summed E-state index contributed by atoms with van der Waals surface area (Å²) in [5.41, 5.74) is 0.533. The second kappa shape index (κ2) is 7.01. The molecule has 0 atom stereocenters. The molecule has 0 aliphatic carbocycles. The van der Waals surface area contributed by atoms with E-state index in [0.717, 1.165) is 0 Å².